The van der Waals surface area contributed by atoms with Crippen molar-refractivity contribution >= 4 is 11.7 Å². The first-order valence-corrected chi connectivity index (χ1v) is 5.99. The Labute approximate surface area is 97.4 Å². The number of hydrogen-bond acceptors (Lipinski definition) is 3. The van der Waals surface area contributed by atoms with Crippen molar-refractivity contribution in [2.45, 2.75) is 46.2 Å². The number of carbonyl (C=O) groups excluding carboxylic acids is 2. The summed E-state index contributed by atoms with van der Waals surface area (Å²) < 4.78 is 0. The number of hydrogen-bond donors (Lipinski definition) is 1. The molecule has 0 aliphatic carbocycles. The van der Waals surface area contributed by atoms with Crippen molar-refractivity contribution in [3.8, 4) is 0 Å². The van der Waals surface area contributed by atoms with Crippen LogP contribution in [-0.4, -0.2) is 41.8 Å². The maximum Gasteiger partial charge on any atom is 0.240 e. The van der Waals surface area contributed by atoms with Crippen LogP contribution in [0.15, 0.2) is 0 Å². The van der Waals surface area contributed by atoms with E-state index in [-0.39, 0.29) is 30.2 Å². The van der Waals surface area contributed by atoms with Crippen molar-refractivity contribution in [2.75, 3.05) is 13.1 Å². The second kappa shape index (κ2) is 5.43. The van der Waals surface area contributed by atoms with E-state index in [0.29, 0.717) is 12.6 Å². The molecule has 16 heavy (non-hydrogen) atoms. The molecule has 1 fully saturated rings. The highest BCUT2D eigenvalue weighted by atomic mass is 16.2. The van der Waals surface area contributed by atoms with Crippen molar-refractivity contribution in [1.29, 1.82) is 0 Å². The van der Waals surface area contributed by atoms with Gasteiger partial charge in [0.1, 0.15) is 0 Å². The molecule has 1 heterocycles. The highest BCUT2D eigenvalue weighted by molar-refractivity contribution is 5.90. The van der Waals surface area contributed by atoms with Gasteiger partial charge in [-0.05, 0) is 6.42 Å². The molecule has 1 aliphatic heterocycles. The van der Waals surface area contributed by atoms with Gasteiger partial charge in [-0.15, -0.1) is 0 Å². The number of amides is 1. The molecule has 1 atom stereocenters. The van der Waals surface area contributed by atoms with Crippen LogP contribution in [0.2, 0.25) is 0 Å². The molecule has 4 heteroatoms. The van der Waals surface area contributed by atoms with Crippen LogP contribution in [0.25, 0.3) is 0 Å². The van der Waals surface area contributed by atoms with Crippen LogP contribution in [0.1, 0.15) is 34.1 Å². The van der Waals surface area contributed by atoms with E-state index in [0.717, 1.165) is 6.42 Å². The maximum atomic E-state index is 11.9. The molecule has 1 N–H and O–H groups in total. The number of nitrogens with zero attached hydrogens (tertiary/aromatic N) is 1. The number of nitrogens with one attached hydrogen (secondary N) is 1. The summed E-state index contributed by atoms with van der Waals surface area (Å²) in [6, 6.07) is 0.203. The number of rotatable bonds is 5. The Kier molecular flexibility index (Phi) is 4.47. The van der Waals surface area contributed by atoms with Gasteiger partial charge in [-0.3, -0.25) is 9.59 Å². The largest absolute Gasteiger partial charge is 0.334 e. The fraction of sp³-hybridized carbons (Fsp3) is 0.833. The lowest BCUT2D eigenvalue weighted by Crippen LogP contribution is -2.43. The summed E-state index contributed by atoms with van der Waals surface area (Å²) in [7, 11) is 0. The lowest BCUT2D eigenvalue weighted by molar-refractivity contribution is -0.134. The van der Waals surface area contributed by atoms with Crippen molar-refractivity contribution in [2.24, 2.45) is 5.92 Å². The van der Waals surface area contributed by atoms with E-state index >= 15 is 0 Å². The molecule has 1 rings (SSSR count). The summed E-state index contributed by atoms with van der Waals surface area (Å²) in [5, 5.41) is 3.22. The van der Waals surface area contributed by atoms with E-state index in [1.165, 1.54) is 0 Å². The van der Waals surface area contributed by atoms with E-state index in [9.17, 15) is 9.59 Å². The molecule has 0 unspecified atom stereocenters. The third-order valence-electron chi connectivity index (χ3n) is 2.82. The van der Waals surface area contributed by atoms with E-state index in [2.05, 4.69) is 5.32 Å². The van der Waals surface area contributed by atoms with E-state index in [1.54, 1.807) is 4.90 Å². The smallest absolute Gasteiger partial charge is 0.240 e. The second-order valence-electron chi connectivity index (χ2n) is 5.04. The van der Waals surface area contributed by atoms with Gasteiger partial charge >= 0.3 is 0 Å². The van der Waals surface area contributed by atoms with Crippen molar-refractivity contribution in [3.63, 3.8) is 0 Å². The molecule has 0 aromatic heterocycles. The Balaban J connectivity index is 2.48. The van der Waals surface area contributed by atoms with Crippen molar-refractivity contribution in [3.05, 3.63) is 0 Å². The first kappa shape index (κ1) is 13.2. The minimum absolute atomic E-state index is 0.00454. The second-order valence-corrected chi connectivity index (χ2v) is 5.04. The topological polar surface area (TPSA) is 49.4 Å². The van der Waals surface area contributed by atoms with Crippen LogP contribution < -0.4 is 5.32 Å². The minimum Gasteiger partial charge on any atom is -0.334 e. The average molecular weight is 226 g/mol. The van der Waals surface area contributed by atoms with Gasteiger partial charge in [-0.1, -0.05) is 27.7 Å². The molecule has 0 aromatic carbocycles. The lowest BCUT2D eigenvalue weighted by Gasteiger charge is -2.18. The van der Waals surface area contributed by atoms with Gasteiger partial charge in [0.2, 0.25) is 5.91 Å². The van der Waals surface area contributed by atoms with Gasteiger partial charge in [0.15, 0.2) is 5.78 Å². The average Bonchev–Trinajstić information content (AvgIpc) is 2.49. The van der Waals surface area contributed by atoms with Gasteiger partial charge in [0.05, 0.1) is 12.6 Å². The highest BCUT2D eigenvalue weighted by Gasteiger charge is 2.32. The Hall–Kier alpha value is -0.900. The Morgan fingerprint density at radius 3 is 2.56 bits per heavy atom. The highest BCUT2D eigenvalue weighted by Crippen LogP contribution is 2.12. The molecular weight excluding hydrogens is 204 g/mol. The van der Waals surface area contributed by atoms with Gasteiger partial charge in [-0.2, -0.15) is 0 Å². The summed E-state index contributed by atoms with van der Waals surface area (Å²) in [6.07, 6.45) is 0.808. The Morgan fingerprint density at radius 2 is 2.06 bits per heavy atom. The number of carbonyl (C=O) groups is 2. The predicted molar refractivity (Wildman–Crippen MR) is 63.1 cm³/mol. The summed E-state index contributed by atoms with van der Waals surface area (Å²) >= 11 is 0. The molecule has 4 nitrogen and oxygen atoms in total. The fourth-order valence-electron chi connectivity index (χ4n) is 1.82. The lowest BCUT2D eigenvalue weighted by atomic mass is 10.1. The molecule has 0 saturated carbocycles. The first-order valence-electron chi connectivity index (χ1n) is 5.99. The zero-order valence-electron chi connectivity index (χ0n) is 10.6. The molecule has 92 valence electrons. The third-order valence-corrected chi connectivity index (χ3v) is 2.82. The van der Waals surface area contributed by atoms with Crippen LogP contribution in [-0.2, 0) is 9.59 Å². The SMILES string of the molecule is CC(C)N[C@H]1CCN(CC(=O)C(C)C)C1=O. The van der Waals surface area contributed by atoms with E-state index < -0.39 is 0 Å². The molecular formula is C12H22N2O2. The van der Waals surface area contributed by atoms with Crippen LogP contribution in [0, 0.1) is 5.92 Å². The van der Waals surface area contributed by atoms with Crippen LogP contribution in [0.3, 0.4) is 0 Å². The fourth-order valence-corrected chi connectivity index (χ4v) is 1.82. The summed E-state index contributed by atoms with van der Waals surface area (Å²) in [5.41, 5.74) is 0. The van der Waals surface area contributed by atoms with Gasteiger partial charge in [0.25, 0.3) is 0 Å². The van der Waals surface area contributed by atoms with Crippen LogP contribution in [0.5, 0.6) is 0 Å². The molecule has 1 amide bonds. The maximum absolute atomic E-state index is 11.9. The van der Waals surface area contributed by atoms with Crippen molar-refractivity contribution < 1.29 is 9.59 Å². The normalized spacial score (nSPS) is 21.2. The third kappa shape index (κ3) is 3.30. The first-order chi connectivity index (χ1) is 7.41. The zero-order valence-corrected chi connectivity index (χ0v) is 10.6. The molecule has 0 bridgehead atoms. The summed E-state index contributed by atoms with van der Waals surface area (Å²) in [4.78, 5) is 25.1. The Bertz CT molecular complexity index is 274. The van der Waals surface area contributed by atoms with Gasteiger partial charge in [0, 0.05) is 18.5 Å². The molecule has 0 aromatic rings. The number of Topliss-reactive ketones (excluding diaryl/α,β-unsaturated/α-hetero) is 1. The summed E-state index contributed by atoms with van der Waals surface area (Å²) in [5.74, 6) is 0.214. The van der Waals surface area contributed by atoms with Crippen molar-refractivity contribution in [1.82, 2.24) is 10.2 Å². The standard InChI is InChI=1S/C12H22N2O2/c1-8(2)11(15)7-14-6-5-10(12(14)16)13-9(3)4/h8-10,13H,5-7H2,1-4H3/t10-/m0/s1. The molecule has 0 spiro atoms. The Morgan fingerprint density at radius 1 is 1.44 bits per heavy atom. The molecule has 1 saturated heterocycles. The number of ketones is 1. The van der Waals surface area contributed by atoms with Gasteiger partial charge < -0.3 is 10.2 Å². The van der Waals surface area contributed by atoms with Crippen LogP contribution >= 0.6 is 0 Å². The monoisotopic (exact) mass is 226 g/mol. The molecule has 1 aliphatic rings. The zero-order chi connectivity index (χ0) is 12.3. The number of likely N-dealkylation sites (tertiary alicyclic amines) is 1. The van der Waals surface area contributed by atoms with E-state index in [1.807, 2.05) is 27.7 Å². The van der Waals surface area contributed by atoms with Gasteiger partial charge in [-0.25, -0.2) is 0 Å². The van der Waals surface area contributed by atoms with E-state index in [4.69, 9.17) is 0 Å². The predicted octanol–water partition coefficient (Wildman–Crippen LogP) is 0.810. The quantitative estimate of drug-likeness (QED) is 0.754. The molecule has 0 radical (unpaired) electrons. The minimum atomic E-state index is -0.0973. The summed E-state index contributed by atoms with van der Waals surface area (Å²) in [6.45, 7) is 8.75. The van der Waals surface area contributed by atoms with Crippen LogP contribution in [0.4, 0.5) is 0 Å².